The third-order valence-corrected chi connectivity index (χ3v) is 13.8. The Balaban J connectivity index is 1.19. The number of ether oxygens (including phenoxy) is 1. The number of aliphatic hydroxyl groups excluding tert-OH is 1. The van der Waals surface area contributed by atoms with Crippen LogP contribution in [0.15, 0.2) is 66.7 Å². The van der Waals surface area contributed by atoms with Crippen LogP contribution in [0.4, 0.5) is 15.5 Å². The number of benzene rings is 3. The summed E-state index contributed by atoms with van der Waals surface area (Å²) in [5.74, 6) is -0.986. The first-order chi connectivity index (χ1) is 23.4. The second-order valence-corrected chi connectivity index (χ2v) is 18.8. The molecular formula is C38H43ClFN3O5Si. The molecule has 1 N–H and O–H groups in total. The Morgan fingerprint density at radius 3 is 2.49 bits per heavy atom. The molecule has 4 aliphatic rings. The van der Waals surface area contributed by atoms with Gasteiger partial charge in [0.1, 0.15) is 0 Å². The minimum atomic E-state index is -3.51. The number of piperidine rings is 1. The fourth-order valence-corrected chi connectivity index (χ4v) is 11.4. The number of halogens is 2. The van der Waals surface area contributed by atoms with Gasteiger partial charge in [-0.1, -0.05) is 54.9 Å². The maximum Gasteiger partial charge on any atom is 0.264 e. The monoisotopic (exact) mass is 703 g/mol. The molecule has 0 aromatic heterocycles. The normalized spacial score (nSPS) is 26.8. The molecule has 4 aliphatic heterocycles. The zero-order valence-corrected chi connectivity index (χ0v) is 30.0. The summed E-state index contributed by atoms with van der Waals surface area (Å²) in [6, 6.07) is 20.5. The van der Waals surface area contributed by atoms with E-state index in [2.05, 4.69) is 0 Å². The van der Waals surface area contributed by atoms with Gasteiger partial charge >= 0.3 is 0 Å². The molecule has 0 radical (unpaired) electrons. The number of fused-ring (bicyclic) bond motifs is 3. The molecule has 258 valence electrons. The molecule has 1 spiro atoms. The van der Waals surface area contributed by atoms with E-state index in [0.29, 0.717) is 42.2 Å². The summed E-state index contributed by atoms with van der Waals surface area (Å²) in [4.78, 5) is 46.5. The number of aliphatic hydroxyl groups is 1. The fraction of sp³-hybridized carbons (Fsp3) is 0.447. The maximum atomic E-state index is 16.4. The SMILES string of the molecule is C[C@@H]1[C@@H]([Si](C)(C)F)[C@H](CC(=O)N2Cc3ccccc3C[C@H]2CO)O[C@@]12C(=O)N(Cc1ccc(N3CCCCC3=O)cc1)c1ccc(Cl)cc12. The minimum absolute atomic E-state index is 0.102. The van der Waals surface area contributed by atoms with Gasteiger partial charge in [0.15, 0.2) is 5.60 Å². The number of rotatable bonds is 7. The van der Waals surface area contributed by atoms with Crippen LogP contribution in [0.1, 0.15) is 54.9 Å². The summed E-state index contributed by atoms with van der Waals surface area (Å²) >= 11 is 6.55. The highest BCUT2D eigenvalue weighted by molar-refractivity contribution is 6.72. The number of hydrogen-bond acceptors (Lipinski definition) is 5. The van der Waals surface area contributed by atoms with Gasteiger partial charge in [0.25, 0.3) is 5.91 Å². The van der Waals surface area contributed by atoms with Crippen LogP contribution in [-0.4, -0.2) is 61.4 Å². The van der Waals surface area contributed by atoms with Crippen LogP contribution in [0.2, 0.25) is 23.7 Å². The van der Waals surface area contributed by atoms with Crippen LogP contribution >= 0.6 is 11.6 Å². The number of carbonyl (C=O) groups excluding carboxylic acids is 3. The highest BCUT2D eigenvalue weighted by Gasteiger charge is 2.67. The van der Waals surface area contributed by atoms with Crippen molar-refractivity contribution in [3.8, 4) is 0 Å². The molecule has 49 heavy (non-hydrogen) atoms. The van der Waals surface area contributed by atoms with Crippen molar-refractivity contribution in [2.45, 2.75) is 88.5 Å². The lowest BCUT2D eigenvalue weighted by atomic mass is 9.82. The van der Waals surface area contributed by atoms with Gasteiger partial charge in [0, 0.05) is 47.2 Å². The van der Waals surface area contributed by atoms with Crippen LogP contribution in [0.25, 0.3) is 0 Å². The van der Waals surface area contributed by atoms with Gasteiger partial charge in [0.05, 0.1) is 37.4 Å². The van der Waals surface area contributed by atoms with E-state index >= 15 is 4.11 Å². The molecule has 7 rings (SSSR count). The largest absolute Gasteiger partial charge is 0.394 e. The van der Waals surface area contributed by atoms with E-state index in [1.165, 1.54) is 0 Å². The molecule has 3 amide bonds. The number of carbonyl (C=O) groups is 3. The lowest BCUT2D eigenvalue weighted by Crippen LogP contribution is -2.48. The summed E-state index contributed by atoms with van der Waals surface area (Å²) in [7, 11) is -3.51. The molecule has 4 heterocycles. The summed E-state index contributed by atoms with van der Waals surface area (Å²) in [6.45, 7) is 6.21. The van der Waals surface area contributed by atoms with Crippen molar-refractivity contribution in [2.75, 3.05) is 23.0 Å². The Morgan fingerprint density at radius 2 is 1.80 bits per heavy atom. The minimum Gasteiger partial charge on any atom is -0.394 e. The van der Waals surface area contributed by atoms with Gasteiger partial charge in [-0.3, -0.25) is 14.4 Å². The average Bonchev–Trinajstić information content (AvgIpc) is 3.50. The van der Waals surface area contributed by atoms with Crippen molar-refractivity contribution in [2.24, 2.45) is 5.92 Å². The molecule has 11 heteroatoms. The van der Waals surface area contributed by atoms with Gasteiger partial charge in [0.2, 0.25) is 20.2 Å². The van der Waals surface area contributed by atoms with E-state index in [9.17, 15) is 19.5 Å². The number of anilines is 2. The molecule has 2 saturated heterocycles. The molecule has 3 aromatic carbocycles. The van der Waals surface area contributed by atoms with E-state index in [4.69, 9.17) is 16.3 Å². The smallest absolute Gasteiger partial charge is 0.264 e. The Morgan fingerprint density at radius 1 is 1.06 bits per heavy atom. The standard InChI is InChI=1S/C38H43ClFN3O5Si/c1-24-36(49(2,3)40)33(20-35(46)42-22-27-9-5-4-8-26(27)18-30(42)23-44)48-38(24)31-19-28(39)13-16-32(31)43(37(38)47)21-25-11-14-29(15-12-25)41-17-7-6-10-34(41)45/h4-5,8-9,11-16,19,24,30,33,36,44H,6-7,10,17-18,20-23H2,1-3H3/t24-,30+,33+,36-,38+/m1/s1. The van der Waals surface area contributed by atoms with Gasteiger partial charge in [-0.25, -0.2) is 0 Å². The number of hydrogen-bond donors (Lipinski definition) is 1. The molecule has 2 fully saturated rings. The van der Waals surface area contributed by atoms with Gasteiger partial charge in [-0.05, 0) is 79.4 Å². The van der Waals surface area contributed by atoms with Crippen molar-refractivity contribution in [3.63, 3.8) is 0 Å². The molecular weight excluding hydrogens is 661 g/mol. The highest BCUT2D eigenvalue weighted by Crippen LogP contribution is 2.60. The van der Waals surface area contributed by atoms with Crippen LogP contribution in [0.5, 0.6) is 0 Å². The molecule has 0 bridgehead atoms. The Hall–Kier alpha value is -3.57. The second kappa shape index (κ2) is 13.0. The Labute approximate surface area is 293 Å². The zero-order valence-electron chi connectivity index (χ0n) is 28.2. The summed E-state index contributed by atoms with van der Waals surface area (Å²) < 4.78 is 23.2. The van der Waals surface area contributed by atoms with Crippen molar-refractivity contribution in [3.05, 3.63) is 94.0 Å². The summed E-state index contributed by atoms with van der Waals surface area (Å²) in [6.07, 6.45) is 2.01. The quantitative estimate of drug-likeness (QED) is 0.224. The summed E-state index contributed by atoms with van der Waals surface area (Å²) in [5, 5.41) is 10.7. The van der Waals surface area contributed by atoms with Crippen molar-refractivity contribution in [1.29, 1.82) is 0 Å². The average molecular weight is 704 g/mol. The number of nitrogens with zero attached hydrogens (tertiary/aromatic N) is 3. The maximum absolute atomic E-state index is 16.4. The van der Waals surface area contributed by atoms with Gasteiger partial charge in [-0.2, -0.15) is 0 Å². The van der Waals surface area contributed by atoms with E-state index in [-0.39, 0.29) is 37.3 Å². The molecule has 8 nitrogen and oxygen atoms in total. The third-order valence-electron chi connectivity index (χ3n) is 11.1. The molecule has 0 saturated carbocycles. The van der Waals surface area contributed by atoms with Crippen molar-refractivity contribution in [1.82, 2.24) is 4.90 Å². The van der Waals surface area contributed by atoms with Crippen LogP contribution < -0.4 is 9.80 Å². The van der Waals surface area contributed by atoms with Crippen molar-refractivity contribution >= 4 is 49.1 Å². The predicted octanol–water partition coefficient (Wildman–Crippen LogP) is 6.51. The first kappa shape index (κ1) is 33.9. The van der Waals surface area contributed by atoms with E-state index in [1.54, 1.807) is 35.0 Å². The van der Waals surface area contributed by atoms with E-state index in [0.717, 1.165) is 35.2 Å². The summed E-state index contributed by atoms with van der Waals surface area (Å²) in [5.41, 5.74) is 2.90. The fourth-order valence-electron chi connectivity index (χ4n) is 8.75. The second-order valence-electron chi connectivity index (χ2n) is 14.5. The topological polar surface area (TPSA) is 90.4 Å². The van der Waals surface area contributed by atoms with E-state index < -0.39 is 37.6 Å². The lowest BCUT2D eigenvalue weighted by molar-refractivity contribution is -0.151. The molecule has 0 aliphatic carbocycles. The lowest BCUT2D eigenvalue weighted by Gasteiger charge is -2.37. The predicted molar refractivity (Wildman–Crippen MR) is 190 cm³/mol. The van der Waals surface area contributed by atoms with Gasteiger partial charge in [-0.15, -0.1) is 0 Å². The molecule has 0 unspecified atom stereocenters. The third kappa shape index (κ3) is 5.90. The molecule has 3 aromatic rings. The van der Waals surface area contributed by atoms with Gasteiger partial charge < -0.3 is 28.7 Å². The van der Waals surface area contributed by atoms with E-state index in [1.807, 2.05) is 66.4 Å². The van der Waals surface area contributed by atoms with Crippen LogP contribution in [0, 0.1) is 5.92 Å². The first-order valence-corrected chi connectivity index (χ1v) is 20.6. The molecule has 5 atom stereocenters. The van der Waals surface area contributed by atoms with Crippen molar-refractivity contribution < 1.29 is 28.3 Å². The first-order valence-electron chi connectivity index (χ1n) is 17.3. The number of amides is 3. The Kier molecular flexibility index (Phi) is 8.96. The Bertz CT molecular complexity index is 1780. The highest BCUT2D eigenvalue weighted by atomic mass is 35.5. The van der Waals surface area contributed by atoms with Crippen LogP contribution in [0.3, 0.4) is 0 Å². The van der Waals surface area contributed by atoms with Crippen LogP contribution in [-0.2, 0) is 44.2 Å². The zero-order chi connectivity index (χ0) is 34.7.